The number of benzene rings is 1. The Morgan fingerprint density at radius 1 is 1.11 bits per heavy atom. The standard InChI is InChI=1S/C13H13Cl2N3/c1-8-5-10(7-16-2)18-13(17-8)9-3-4-11(14)12(15)6-9/h3-6,16H,7H2,1-2H3. The summed E-state index contributed by atoms with van der Waals surface area (Å²) >= 11 is 11.9. The molecule has 0 fully saturated rings. The van der Waals surface area contributed by atoms with Crippen molar-refractivity contribution >= 4 is 23.2 Å². The van der Waals surface area contributed by atoms with E-state index in [1.807, 2.05) is 26.1 Å². The van der Waals surface area contributed by atoms with Gasteiger partial charge in [-0.15, -0.1) is 0 Å². The predicted octanol–water partition coefficient (Wildman–Crippen LogP) is 3.48. The van der Waals surface area contributed by atoms with Gasteiger partial charge in [-0.25, -0.2) is 9.97 Å². The first-order valence-corrected chi connectivity index (χ1v) is 6.30. The fourth-order valence-electron chi connectivity index (χ4n) is 1.67. The van der Waals surface area contributed by atoms with Crippen LogP contribution in [0.4, 0.5) is 0 Å². The van der Waals surface area contributed by atoms with Crippen molar-refractivity contribution in [3.05, 3.63) is 45.7 Å². The molecule has 3 nitrogen and oxygen atoms in total. The van der Waals surface area contributed by atoms with E-state index in [1.165, 1.54) is 0 Å². The third-order valence-corrected chi connectivity index (χ3v) is 3.18. The molecular formula is C13H13Cl2N3. The van der Waals surface area contributed by atoms with E-state index in [9.17, 15) is 0 Å². The Labute approximate surface area is 116 Å². The number of halogens is 2. The molecule has 18 heavy (non-hydrogen) atoms. The Morgan fingerprint density at radius 3 is 2.56 bits per heavy atom. The van der Waals surface area contributed by atoms with Crippen molar-refractivity contribution in [2.75, 3.05) is 7.05 Å². The zero-order valence-electron chi connectivity index (χ0n) is 10.2. The molecule has 0 radical (unpaired) electrons. The lowest BCUT2D eigenvalue weighted by Crippen LogP contribution is -2.08. The summed E-state index contributed by atoms with van der Waals surface area (Å²) < 4.78 is 0. The lowest BCUT2D eigenvalue weighted by atomic mass is 10.2. The number of nitrogens with one attached hydrogen (secondary N) is 1. The SMILES string of the molecule is CNCc1cc(C)nc(-c2ccc(Cl)c(Cl)c2)n1. The first kappa shape index (κ1) is 13.3. The quantitative estimate of drug-likeness (QED) is 0.936. The van der Waals surface area contributed by atoms with Crippen LogP contribution in [0.2, 0.25) is 10.0 Å². The molecule has 1 aromatic heterocycles. The average molecular weight is 282 g/mol. The highest BCUT2D eigenvalue weighted by Gasteiger charge is 2.07. The highest BCUT2D eigenvalue weighted by molar-refractivity contribution is 6.42. The molecule has 0 aliphatic carbocycles. The molecule has 1 N–H and O–H groups in total. The van der Waals surface area contributed by atoms with Crippen molar-refractivity contribution in [2.45, 2.75) is 13.5 Å². The number of rotatable bonds is 3. The third kappa shape index (κ3) is 2.99. The first-order chi connectivity index (χ1) is 8.60. The van der Waals surface area contributed by atoms with Gasteiger partial charge in [-0.2, -0.15) is 0 Å². The number of nitrogens with zero attached hydrogens (tertiary/aromatic N) is 2. The van der Waals surface area contributed by atoms with Gasteiger partial charge >= 0.3 is 0 Å². The van der Waals surface area contributed by atoms with Crippen LogP contribution >= 0.6 is 23.2 Å². The topological polar surface area (TPSA) is 37.8 Å². The van der Waals surface area contributed by atoms with Crippen LogP contribution in [0.5, 0.6) is 0 Å². The van der Waals surface area contributed by atoms with Crippen molar-refractivity contribution in [1.82, 2.24) is 15.3 Å². The molecule has 94 valence electrons. The van der Waals surface area contributed by atoms with E-state index in [0.717, 1.165) is 17.0 Å². The molecule has 0 aliphatic rings. The molecule has 0 atom stereocenters. The van der Waals surface area contributed by atoms with E-state index < -0.39 is 0 Å². The van der Waals surface area contributed by atoms with E-state index in [4.69, 9.17) is 23.2 Å². The largest absolute Gasteiger partial charge is 0.314 e. The Balaban J connectivity index is 2.46. The molecule has 0 saturated heterocycles. The maximum Gasteiger partial charge on any atom is 0.159 e. The molecule has 0 spiro atoms. The molecule has 1 heterocycles. The van der Waals surface area contributed by atoms with Gasteiger partial charge in [-0.1, -0.05) is 23.2 Å². The summed E-state index contributed by atoms with van der Waals surface area (Å²) in [6.07, 6.45) is 0. The fourth-order valence-corrected chi connectivity index (χ4v) is 1.97. The molecule has 2 rings (SSSR count). The monoisotopic (exact) mass is 281 g/mol. The van der Waals surface area contributed by atoms with Crippen LogP contribution in [0.1, 0.15) is 11.4 Å². The molecule has 0 saturated carbocycles. The van der Waals surface area contributed by atoms with Gasteiger partial charge in [0.15, 0.2) is 5.82 Å². The summed E-state index contributed by atoms with van der Waals surface area (Å²) in [5.74, 6) is 0.666. The molecule has 0 aliphatic heterocycles. The molecular weight excluding hydrogens is 269 g/mol. The van der Waals surface area contributed by atoms with Gasteiger partial charge in [-0.3, -0.25) is 0 Å². The predicted molar refractivity (Wildman–Crippen MR) is 75.0 cm³/mol. The highest BCUT2D eigenvalue weighted by Crippen LogP contribution is 2.27. The normalized spacial score (nSPS) is 10.7. The lowest BCUT2D eigenvalue weighted by molar-refractivity contribution is 0.785. The summed E-state index contributed by atoms with van der Waals surface area (Å²) in [4.78, 5) is 8.91. The average Bonchev–Trinajstić information content (AvgIpc) is 2.32. The van der Waals surface area contributed by atoms with Crippen LogP contribution < -0.4 is 5.32 Å². The van der Waals surface area contributed by atoms with Crippen LogP contribution in [0.15, 0.2) is 24.3 Å². The van der Waals surface area contributed by atoms with Crippen LogP contribution in [0.25, 0.3) is 11.4 Å². The summed E-state index contributed by atoms with van der Waals surface area (Å²) in [5.41, 5.74) is 2.74. The summed E-state index contributed by atoms with van der Waals surface area (Å²) in [6.45, 7) is 2.65. The Bertz CT molecular complexity index is 570. The van der Waals surface area contributed by atoms with Gasteiger partial charge in [-0.05, 0) is 38.2 Å². The van der Waals surface area contributed by atoms with E-state index in [0.29, 0.717) is 22.4 Å². The smallest absolute Gasteiger partial charge is 0.159 e. The second kappa shape index (κ2) is 5.65. The summed E-state index contributed by atoms with van der Waals surface area (Å²) in [5, 5.41) is 4.11. The molecule has 1 aromatic carbocycles. The zero-order valence-corrected chi connectivity index (χ0v) is 11.7. The van der Waals surface area contributed by atoms with Gasteiger partial charge in [0.1, 0.15) is 0 Å². The fraction of sp³-hybridized carbons (Fsp3) is 0.231. The van der Waals surface area contributed by atoms with E-state index in [2.05, 4.69) is 15.3 Å². The van der Waals surface area contributed by atoms with Crippen LogP contribution in [0.3, 0.4) is 0 Å². The van der Waals surface area contributed by atoms with Crippen molar-refractivity contribution in [3.8, 4) is 11.4 Å². The van der Waals surface area contributed by atoms with Gasteiger partial charge in [0, 0.05) is 17.8 Å². The van der Waals surface area contributed by atoms with Crippen molar-refractivity contribution in [1.29, 1.82) is 0 Å². The maximum atomic E-state index is 6.00. The van der Waals surface area contributed by atoms with Crippen molar-refractivity contribution < 1.29 is 0 Å². The minimum Gasteiger partial charge on any atom is -0.314 e. The van der Waals surface area contributed by atoms with Crippen LogP contribution in [0, 0.1) is 6.92 Å². The van der Waals surface area contributed by atoms with Gasteiger partial charge < -0.3 is 5.32 Å². The second-order valence-corrected chi connectivity index (χ2v) is 4.80. The molecule has 0 amide bonds. The van der Waals surface area contributed by atoms with E-state index >= 15 is 0 Å². The van der Waals surface area contributed by atoms with Crippen LogP contribution in [-0.2, 0) is 6.54 Å². The summed E-state index contributed by atoms with van der Waals surface area (Å²) in [7, 11) is 1.89. The molecule has 0 bridgehead atoms. The number of aromatic nitrogens is 2. The Kier molecular flexibility index (Phi) is 4.17. The minimum atomic E-state index is 0.509. The number of hydrogen-bond acceptors (Lipinski definition) is 3. The van der Waals surface area contributed by atoms with Gasteiger partial charge in [0.05, 0.1) is 15.7 Å². The zero-order chi connectivity index (χ0) is 13.1. The highest BCUT2D eigenvalue weighted by atomic mass is 35.5. The van der Waals surface area contributed by atoms with E-state index in [-0.39, 0.29) is 0 Å². The maximum absolute atomic E-state index is 6.00. The third-order valence-electron chi connectivity index (χ3n) is 2.44. The summed E-state index contributed by atoms with van der Waals surface area (Å²) in [6, 6.07) is 7.36. The molecule has 0 unspecified atom stereocenters. The van der Waals surface area contributed by atoms with Gasteiger partial charge in [0.25, 0.3) is 0 Å². The van der Waals surface area contributed by atoms with Crippen molar-refractivity contribution in [3.63, 3.8) is 0 Å². The lowest BCUT2D eigenvalue weighted by Gasteiger charge is -2.06. The van der Waals surface area contributed by atoms with Gasteiger partial charge in [0.2, 0.25) is 0 Å². The number of hydrogen-bond donors (Lipinski definition) is 1. The number of aryl methyl sites for hydroxylation is 1. The van der Waals surface area contributed by atoms with E-state index in [1.54, 1.807) is 12.1 Å². The van der Waals surface area contributed by atoms with Crippen molar-refractivity contribution in [2.24, 2.45) is 0 Å². The molecule has 2 aromatic rings. The van der Waals surface area contributed by atoms with Crippen LogP contribution in [-0.4, -0.2) is 17.0 Å². The minimum absolute atomic E-state index is 0.509. The first-order valence-electron chi connectivity index (χ1n) is 5.54. The Morgan fingerprint density at radius 2 is 1.89 bits per heavy atom. The Hall–Kier alpha value is -1.16. The molecule has 5 heteroatoms. The second-order valence-electron chi connectivity index (χ2n) is 3.98.